The van der Waals surface area contributed by atoms with Crippen molar-refractivity contribution in [1.82, 2.24) is 5.32 Å². The van der Waals surface area contributed by atoms with E-state index in [0.717, 1.165) is 12.0 Å². The zero-order valence-electron chi connectivity index (χ0n) is 17.5. The molecular formula is C20H33ClN2O3S. The molecule has 1 amide bonds. The predicted molar refractivity (Wildman–Crippen MR) is 114 cm³/mol. The maximum atomic E-state index is 12.3. The van der Waals surface area contributed by atoms with Crippen LogP contribution >= 0.6 is 11.6 Å². The zero-order chi connectivity index (χ0) is 21.0. The Bertz CT molecular complexity index is 768. The van der Waals surface area contributed by atoms with Crippen LogP contribution in [0.5, 0.6) is 0 Å². The topological polar surface area (TPSA) is 66.5 Å². The van der Waals surface area contributed by atoms with Crippen molar-refractivity contribution in [2.24, 2.45) is 5.41 Å². The lowest BCUT2D eigenvalue weighted by molar-refractivity contribution is -0.123. The molecule has 0 bridgehead atoms. The third-order valence-corrected chi connectivity index (χ3v) is 5.46. The number of hydrogen-bond acceptors (Lipinski definition) is 3. The lowest BCUT2D eigenvalue weighted by Gasteiger charge is -2.33. The van der Waals surface area contributed by atoms with Crippen LogP contribution in [0.25, 0.3) is 0 Å². The number of carbonyl (C=O) groups excluding carboxylic acids is 1. The van der Waals surface area contributed by atoms with Crippen molar-refractivity contribution in [3.63, 3.8) is 0 Å². The van der Waals surface area contributed by atoms with Crippen LogP contribution in [-0.2, 0) is 14.8 Å². The van der Waals surface area contributed by atoms with Crippen LogP contribution in [0.2, 0.25) is 5.02 Å². The molecule has 0 aliphatic heterocycles. The van der Waals surface area contributed by atoms with Crippen LogP contribution in [0.3, 0.4) is 0 Å². The van der Waals surface area contributed by atoms with Crippen molar-refractivity contribution >= 4 is 33.2 Å². The van der Waals surface area contributed by atoms with Gasteiger partial charge in [0.15, 0.2) is 0 Å². The van der Waals surface area contributed by atoms with Crippen LogP contribution in [0.15, 0.2) is 18.2 Å². The number of aryl methyl sites for hydroxylation is 1. The fourth-order valence-corrected chi connectivity index (χ4v) is 4.81. The molecule has 154 valence electrons. The number of sulfonamides is 1. The maximum Gasteiger partial charge on any atom is 0.232 e. The molecule has 0 radical (unpaired) electrons. The summed E-state index contributed by atoms with van der Waals surface area (Å²) in [7, 11) is -3.45. The molecule has 1 aromatic rings. The van der Waals surface area contributed by atoms with Gasteiger partial charge in [-0.2, -0.15) is 0 Å². The first-order valence-corrected chi connectivity index (χ1v) is 11.4. The van der Waals surface area contributed by atoms with Crippen molar-refractivity contribution in [2.45, 2.75) is 66.3 Å². The second kappa shape index (κ2) is 8.82. The number of benzene rings is 1. The third-order valence-electron chi connectivity index (χ3n) is 4.04. The third kappa shape index (κ3) is 8.52. The zero-order valence-corrected chi connectivity index (χ0v) is 19.1. The lowest BCUT2D eigenvalue weighted by Crippen LogP contribution is -2.46. The van der Waals surface area contributed by atoms with E-state index in [1.54, 1.807) is 18.2 Å². The molecule has 1 aromatic carbocycles. The van der Waals surface area contributed by atoms with Gasteiger partial charge in [-0.15, -0.1) is 0 Å². The van der Waals surface area contributed by atoms with Crippen molar-refractivity contribution in [1.29, 1.82) is 0 Å². The predicted octanol–water partition coefficient (Wildman–Crippen LogP) is 4.53. The quantitative estimate of drug-likeness (QED) is 0.677. The Hall–Kier alpha value is -1.27. The summed E-state index contributed by atoms with van der Waals surface area (Å²) >= 11 is 5.97. The van der Waals surface area contributed by atoms with Crippen molar-refractivity contribution in [3.8, 4) is 0 Å². The van der Waals surface area contributed by atoms with Gasteiger partial charge in [-0.1, -0.05) is 32.4 Å². The summed E-state index contributed by atoms with van der Waals surface area (Å²) in [5.74, 6) is -0.0643. The summed E-state index contributed by atoms with van der Waals surface area (Å²) in [6, 6.07) is 5.10. The van der Waals surface area contributed by atoms with Crippen molar-refractivity contribution in [3.05, 3.63) is 28.8 Å². The van der Waals surface area contributed by atoms with Gasteiger partial charge in [0.2, 0.25) is 15.9 Å². The fraction of sp³-hybridized carbons (Fsp3) is 0.650. The Balaban J connectivity index is 2.74. The number of rotatable bonds is 8. The normalized spacial score (nSPS) is 12.7. The number of anilines is 1. The molecule has 27 heavy (non-hydrogen) atoms. The highest BCUT2D eigenvalue weighted by atomic mass is 35.5. The molecule has 5 nitrogen and oxygen atoms in total. The van der Waals surface area contributed by atoms with Crippen LogP contribution < -0.4 is 9.62 Å². The maximum absolute atomic E-state index is 12.3. The Morgan fingerprint density at radius 3 is 2.26 bits per heavy atom. The molecule has 7 heteroatoms. The van der Waals surface area contributed by atoms with Crippen LogP contribution in [0, 0.1) is 12.3 Å². The van der Waals surface area contributed by atoms with Crippen LogP contribution in [-0.4, -0.2) is 32.7 Å². The Kier molecular flexibility index (Phi) is 7.77. The van der Waals surface area contributed by atoms with E-state index in [-0.39, 0.29) is 29.8 Å². The number of carbonyl (C=O) groups is 1. The molecule has 0 heterocycles. The molecule has 0 atom stereocenters. The van der Waals surface area contributed by atoms with Gasteiger partial charge < -0.3 is 5.32 Å². The van der Waals surface area contributed by atoms with E-state index in [4.69, 9.17) is 11.6 Å². The summed E-state index contributed by atoms with van der Waals surface area (Å²) < 4.78 is 25.8. The van der Waals surface area contributed by atoms with Crippen molar-refractivity contribution in [2.75, 3.05) is 17.1 Å². The molecule has 1 N–H and O–H groups in total. The van der Waals surface area contributed by atoms with E-state index >= 15 is 0 Å². The second-order valence-corrected chi connectivity index (χ2v) is 11.4. The second-order valence-electron chi connectivity index (χ2n) is 9.04. The molecule has 0 unspecified atom stereocenters. The SMILES string of the molecule is Cc1cc(Cl)ccc1N(CCCC(=O)NC(C)(C)CC(C)(C)C)S(C)(=O)=O. The average Bonchev–Trinajstić information content (AvgIpc) is 2.40. The first-order chi connectivity index (χ1) is 12.1. The highest BCUT2D eigenvalue weighted by Gasteiger charge is 2.27. The Morgan fingerprint density at radius 2 is 1.78 bits per heavy atom. The summed E-state index contributed by atoms with van der Waals surface area (Å²) in [5.41, 5.74) is 1.17. The minimum Gasteiger partial charge on any atom is -0.351 e. The molecule has 0 aliphatic carbocycles. The summed E-state index contributed by atoms with van der Waals surface area (Å²) in [6.45, 7) is 12.5. The van der Waals surface area contributed by atoms with Crippen LogP contribution in [0.4, 0.5) is 5.69 Å². The molecule has 0 aliphatic rings. The first kappa shape index (κ1) is 23.8. The lowest BCUT2D eigenvalue weighted by atomic mass is 9.82. The van der Waals surface area contributed by atoms with E-state index < -0.39 is 10.0 Å². The summed E-state index contributed by atoms with van der Waals surface area (Å²) in [6.07, 6.45) is 2.73. The number of amides is 1. The summed E-state index contributed by atoms with van der Waals surface area (Å²) in [5, 5.41) is 3.62. The van der Waals surface area contributed by atoms with Gasteiger partial charge in [-0.25, -0.2) is 8.42 Å². The van der Waals surface area contributed by atoms with Gasteiger partial charge in [-0.3, -0.25) is 9.10 Å². The largest absolute Gasteiger partial charge is 0.351 e. The molecule has 0 saturated carbocycles. The number of nitrogens with one attached hydrogen (secondary N) is 1. The van der Waals surface area contributed by atoms with E-state index in [1.807, 2.05) is 20.8 Å². The van der Waals surface area contributed by atoms with E-state index in [9.17, 15) is 13.2 Å². The minimum atomic E-state index is -3.45. The van der Waals surface area contributed by atoms with Crippen molar-refractivity contribution < 1.29 is 13.2 Å². The molecule has 0 fully saturated rings. The van der Waals surface area contributed by atoms with Gasteiger partial charge in [0.25, 0.3) is 0 Å². The fourth-order valence-electron chi connectivity index (χ4n) is 3.56. The number of nitrogens with zero attached hydrogens (tertiary/aromatic N) is 1. The molecule has 0 aromatic heterocycles. The molecule has 1 rings (SSSR count). The number of halogens is 1. The summed E-state index contributed by atoms with van der Waals surface area (Å²) in [4.78, 5) is 12.3. The highest BCUT2D eigenvalue weighted by molar-refractivity contribution is 7.92. The highest BCUT2D eigenvalue weighted by Crippen LogP contribution is 2.27. The van der Waals surface area contributed by atoms with Gasteiger partial charge in [0.1, 0.15) is 0 Å². The van der Waals surface area contributed by atoms with E-state index in [0.29, 0.717) is 17.1 Å². The molecular weight excluding hydrogens is 384 g/mol. The molecule has 0 saturated heterocycles. The van der Waals surface area contributed by atoms with Gasteiger partial charge >= 0.3 is 0 Å². The van der Waals surface area contributed by atoms with Gasteiger partial charge in [0, 0.05) is 23.5 Å². The van der Waals surface area contributed by atoms with Gasteiger partial charge in [-0.05, 0) is 62.8 Å². The molecule has 0 spiro atoms. The Labute approximate surface area is 169 Å². The number of hydrogen-bond donors (Lipinski definition) is 1. The average molecular weight is 417 g/mol. The monoisotopic (exact) mass is 416 g/mol. The van der Waals surface area contributed by atoms with Gasteiger partial charge in [0.05, 0.1) is 11.9 Å². The van der Waals surface area contributed by atoms with E-state index in [1.165, 1.54) is 10.6 Å². The smallest absolute Gasteiger partial charge is 0.232 e. The standard InChI is InChI=1S/C20H33ClN2O3S/c1-15-13-16(21)10-11-17(15)23(27(7,25)26)12-8-9-18(24)22-20(5,6)14-19(2,3)4/h10-11,13H,8-9,12,14H2,1-7H3,(H,22,24). The minimum absolute atomic E-state index is 0.0643. The Morgan fingerprint density at radius 1 is 1.19 bits per heavy atom. The first-order valence-electron chi connectivity index (χ1n) is 9.16. The van der Waals surface area contributed by atoms with Crippen LogP contribution in [0.1, 0.15) is 59.4 Å². The van der Waals surface area contributed by atoms with E-state index in [2.05, 4.69) is 26.1 Å².